The Balaban J connectivity index is 1.74. The number of hydrogen-bond donors (Lipinski definition) is 1. The van der Waals surface area contributed by atoms with Gasteiger partial charge in [0.2, 0.25) is 5.88 Å². The molecular weight excluding hydrogens is 351 g/mol. The maximum absolute atomic E-state index is 12.9. The summed E-state index contributed by atoms with van der Waals surface area (Å²) in [5, 5.41) is 12.9. The second kappa shape index (κ2) is 6.98. The van der Waals surface area contributed by atoms with Crippen molar-refractivity contribution in [3.05, 3.63) is 59.0 Å². The molecule has 0 aliphatic rings. The predicted molar refractivity (Wildman–Crippen MR) is 84.4 cm³/mol. The number of amides is 1. The number of rotatable bonds is 5. The molecule has 26 heavy (non-hydrogen) atoms. The zero-order chi connectivity index (χ0) is 18.7. The molecule has 0 fully saturated rings. The molecule has 3 aromatic rings. The molecule has 2 aromatic heterocycles. The number of carbonyl (C=O) groups is 1. The van der Waals surface area contributed by atoms with Crippen LogP contribution in [0.4, 0.5) is 19.1 Å². The van der Waals surface area contributed by atoms with Crippen molar-refractivity contribution in [3.63, 3.8) is 0 Å². The van der Waals surface area contributed by atoms with Gasteiger partial charge in [-0.2, -0.15) is 13.2 Å². The van der Waals surface area contributed by atoms with Gasteiger partial charge in [-0.05, 0) is 12.0 Å². The topological polar surface area (TPSA) is 85.8 Å². The van der Waals surface area contributed by atoms with E-state index in [4.69, 9.17) is 0 Å². The van der Waals surface area contributed by atoms with Gasteiger partial charge in [0.1, 0.15) is 0 Å². The second-order valence-electron chi connectivity index (χ2n) is 5.43. The van der Waals surface area contributed by atoms with Crippen LogP contribution in [0.3, 0.4) is 0 Å². The minimum absolute atomic E-state index is 0.00530. The summed E-state index contributed by atoms with van der Waals surface area (Å²) in [6.45, 7) is 1.91. The fraction of sp³-hybridized carbons (Fsp3) is 0.250. The van der Waals surface area contributed by atoms with Crippen LogP contribution in [0.15, 0.2) is 41.1 Å². The van der Waals surface area contributed by atoms with E-state index in [-0.39, 0.29) is 23.6 Å². The Hall–Kier alpha value is -3.17. The van der Waals surface area contributed by atoms with Crippen LogP contribution in [0.1, 0.15) is 34.2 Å². The number of alkyl halides is 3. The molecule has 2 heterocycles. The summed E-state index contributed by atoms with van der Waals surface area (Å²) >= 11 is 0. The van der Waals surface area contributed by atoms with Crippen LogP contribution >= 0.6 is 0 Å². The van der Waals surface area contributed by atoms with Crippen molar-refractivity contribution in [2.75, 3.05) is 5.32 Å². The number of anilines is 1. The van der Waals surface area contributed by atoms with E-state index in [0.29, 0.717) is 6.54 Å². The van der Waals surface area contributed by atoms with Crippen LogP contribution in [0.25, 0.3) is 0 Å². The van der Waals surface area contributed by atoms with Gasteiger partial charge in [-0.1, -0.05) is 47.6 Å². The molecule has 136 valence electrons. The van der Waals surface area contributed by atoms with Crippen molar-refractivity contribution >= 4 is 11.8 Å². The third kappa shape index (κ3) is 3.73. The Morgan fingerprint density at radius 2 is 2.00 bits per heavy atom. The summed E-state index contributed by atoms with van der Waals surface area (Å²) in [7, 11) is 0. The summed E-state index contributed by atoms with van der Waals surface area (Å²) in [6, 6.07) is 9.40. The molecule has 0 atom stereocenters. The molecule has 10 heteroatoms. The Morgan fingerprint density at radius 3 is 2.65 bits per heavy atom. The van der Waals surface area contributed by atoms with E-state index in [1.54, 1.807) is 0 Å². The van der Waals surface area contributed by atoms with E-state index >= 15 is 0 Å². The van der Waals surface area contributed by atoms with Gasteiger partial charge in [0.15, 0.2) is 11.4 Å². The third-order valence-electron chi connectivity index (χ3n) is 3.60. The minimum Gasteiger partial charge on any atom is -0.338 e. The lowest BCUT2D eigenvalue weighted by Gasteiger charge is -2.04. The molecule has 1 N–H and O–H groups in total. The van der Waals surface area contributed by atoms with Crippen molar-refractivity contribution in [1.82, 2.24) is 20.2 Å². The van der Waals surface area contributed by atoms with Crippen LogP contribution in [-0.2, 0) is 19.1 Å². The lowest BCUT2D eigenvalue weighted by Crippen LogP contribution is -2.14. The van der Waals surface area contributed by atoms with E-state index in [9.17, 15) is 18.0 Å². The third-order valence-corrected chi connectivity index (χ3v) is 3.60. The molecule has 1 aromatic carbocycles. The van der Waals surface area contributed by atoms with Crippen LogP contribution in [0.5, 0.6) is 0 Å². The monoisotopic (exact) mass is 365 g/mol. The van der Waals surface area contributed by atoms with Crippen molar-refractivity contribution < 1.29 is 22.5 Å². The highest BCUT2D eigenvalue weighted by Crippen LogP contribution is 2.34. The zero-order valence-corrected chi connectivity index (χ0v) is 13.6. The predicted octanol–water partition coefficient (Wildman–Crippen LogP) is 3.15. The van der Waals surface area contributed by atoms with Crippen LogP contribution in [0.2, 0.25) is 0 Å². The maximum atomic E-state index is 12.9. The first-order chi connectivity index (χ1) is 12.4. The number of hydrogen-bond acceptors (Lipinski definition) is 5. The molecule has 7 nitrogen and oxygen atoms in total. The Bertz CT molecular complexity index is 902. The minimum atomic E-state index is -4.66. The van der Waals surface area contributed by atoms with Gasteiger partial charge in [0.05, 0.1) is 12.7 Å². The number of benzene rings is 1. The standard InChI is InChI=1S/C16H14F3N5O2/c1-2-11-13(16(17,18)19)22-26-15(11)20-14(25)12-9-24(23-21-12)8-10-6-4-3-5-7-10/h3-7,9H,2,8H2,1H3,(H,20,25). The molecule has 0 aliphatic heterocycles. The molecule has 0 aliphatic carbocycles. The first-order valence-corrected chi connectivity index (χ1v) is 7.69. The zero-order valence-electron chi connectivity index (χ0n) is 13.6. The first kappa shape index (κ1) is 17.6. The largest absolute Gasteiger partial charge is 0.437 e. The highest BCUT2D eigenvalue weighted by molar-refractivity contribution is 6.02. The molecular formula is C16H14F3N5O2. The van der Waals surface area contributed by atoms with Crippen LogP contribution < -0.4 is 5.32 Å². The fourth-order valence-electron chi connectivity index (χ4n) is 2.38. The van der Waals surface area contributed by atoms with Gasteiger partial charge in [-0.25, -0.2) is 4.68 Å². The quantitative estimate of drug-likeness (QED) is 0.751. The molecule has 0 saturated heterocycles. The number of aromatic nitrogens is 4. The van der Waals surface area contributed by atoms with Crippen molar-refractivity contribution in [2.45, 2.75) is 26.1 Å². The van der Waals surface area contributed by atoms with Crippen molar-refractivity contribution in [1.29, 1.82) is 0 Å². The van der Waals surface area contributed by atoms with Crippen LogP contribution in [0, 0.1) is 0 Å². The molecule has 0 bridgehead atoms. The SMILES string of the molecule is CCc1c(C(F)(F)F)noc1NC(=O)c1cn(Cc2ccccc2)nn1. The smallest absolute Gasteiger partial charge is 0.338 e. The van der Waals surface area contributed by atoms with E-state index in [1.807, 2.05) is 30.3 Å². The van der Waals surface area contributed by atoms with Gasteiger partial charge in [-0.15, -0.1) is 5.10 Å². The number of halogens is 3. The van der Waals surface area contributed by atoms with Gasteiger partial charge < -0.3 is 4.52 Å². The van der Waals surface area contributed by atoms with E-state index in [0.717, 1.165) is 5.56 Å². The Morgan fingerprint density at radius 1 is 1.27 bits per heavy atom. The van der Waals surface area contributed by atoms with Gasteiger partial charge in [0, 0.05) is 5.56 Å². The average Bonchev–Trinajstić information content (AvgIpc) is 3.22. The lowest BCUT2D eigenvalue weighted by atomic mass is 10.2. The number of nitrogens with one attached hydrogen (secondary N) is 1. The first-order valence-electron chi connectivity index (χ1n) is 7.69. The number of carbonyl (C=O) groups excluding carboxylic acids is 1. The Labute approximate surface area is 145 Å². The van der Waals surface area contributed by atoms with Gasteiger partial charge in [-0.3, -0.25) is 10.1 Å². The van der Waals surface area contributed by atoms with E-state index in [1.165, 1.54) is 17.8 Å². The van der Waals surface area contributed by atoms with Crippen molar-refractivity contribution in [2.24, 2.45) is 0 Å². The summed E-state index contributed by atoms with van der Waals surface area (Å²) in [4.78, 5) is 12.2. The second-order valence-corrected chi connectivity index (χ2v) is 5.43. The van der Waals surface area contributed by atoms with Gasteiger partial charge in [0.25, 0.3) is 5.91 Å². The normalized spacial score (nSPS) is 11.5. The maximum Gasteiger partial charge on any atom is 0.437 e. The van der Waals surface area contributed by atoms with Crippen molar-refractivity contribution in [3.8, 4) is 0 Å². The van der Waals surface area contributed by atoms with E-state index < -0.39 is 17.8 Å². The molecule has 3 rings (SSSR count). The number of nitrogens with zero attached hydrogens (tertiary/aromatic N) is 4. The summed E-state index contributed by atoms with van der Waals surface area (Å²) in [5.74, 6) is -1.08. The summed E-state index contributed by atoms with van der Waals surface area (Å²) in [5.41, 5.74) is -0.457. The highest BCUT2D eigenvalue weighted by atomic mass is 19.4. The summed E-state index contributed by atoms with van der Waals surface area (Å²) in [6.07, 6.45) is -3.26. The van der Waals surface area contributed by atoms with E-state index in [2.05, 4.69) is 25.3 Å². The lowest BCUT2D eigenvalue weighted by molar-refractivity contribution is -0.143. The molecule has 0 unspecified atom stereocenters. The Kier molecular flexibility index (Phi) is 4.74. The summed E-state index contributed by atoms with van der Waals surface area (Å²) < 4.78 is 44.7. The highest BCUT2D eigenvalue weighted by Gasteiger charge is 2.39. The fourth-order valence-corrected chi connectivity index (χ4v) is 2.38. The average molecular weight is 365 g/mol. The van der Waals surface area contributed by atoms with Crippen LogP contribution in [-0.4, -0.2) is 26.1 Å². The molecule has 0 spiro atoms. The molecule has 0 radical (unpaired) electrons. The van der Waals surface area contributed by atoms with Gasteiger partial charge >= 0.3 is 6.18 Å². The molecule has 0 saturated carbocycles. The molecule has 1 amide bonds.